The molecule has 1 heterocycles. The maximum Gasteiger partial charge on any atom is 0.162 e. The van der Waals surface area contributed by atoms with Gasteiger partial charge in [0, 0.05) is 16.7 Å². The van der Waals surface area contributed by atoms with E-state index in [1.54, 1.807) is 0 Å². The van der Waals surface area contributed by atoms with Gasteiger partial charge in [-0.05, 0) is 62.4 Å². The SMILES string of the molecule is C[C@]12CC[C@@H]3[C@@]45CCCC[C@H]4CC[C@@]3(OC5)C1=CC[C@@H]2C(=O)CO. The van der Waals surface area contributed by atoms with E-state index in [1.165, 1.54) is 44.1 Å². The molecule has 1 aliphatic heterocycles. The number of Topliss-reactive ketones (excluding diaryl/α,β-unsaturated/α-hetero) is 1. The third-order valence-corrected chi connectivity index (χ3v) is 8.87. The molecule has 0 unspecified atom stereocenters. The Bertz CT molecular complexity index is 606. The van der Waals surface area contributed by atoms with Crippen LogP contribution in [-0.2, 0) is 9.53 Å². The van der Waals surface area contributed by atoms with E-state index in [2.05, 4.69) is 13.0 Å². The van der Waals surface area contributed by atoms with E-state index in [-0.39, 0.29) is 29.3 Å². The zero-order valence-electron chi connectivity index (χ0n) is 14.9. The van der Waals surface area contributed by atoms with Crippen molar-refractivity contribution in [2.75, 3.05) is 13.2 Å². The summed E-state index contributed by atoms with van der Waals surface area (Å²) in [7, 11) is 0. The lowest BCUT2D eigenvalue weighted by Gasteiger charge is -2.58. The van der Waals surface area contributed by atoms with E-state index in [0.717, 1.165) is 31.8 Å². The number of hydrogen-bond acceptors (Lipinski definition) is 3. The standard InChI is InChI=1S/C21H30O3/c1-19-10-8-18-20-9-3-2-4-14(20)7-11-21(18,24-13-20)17(19)6-5-15(19)16(23)12-22/h6,14-15,18,22H,2-5,7-13H2,1H3/t14-,15+,18+,19+,20+,21+/m0/s1. The molecule has 132 valence electrons. The Morgan fingerprint density at radius 1 is 1.25 bits per heavy atom. The maximum absolute atomic E-state index is 12.3. The Labute approximate surface area is 144 Å². The summed E-state index contributed by atoms with van der Waals surface area (Å²) in [5, 5.41) is 9.41. The molecule has 3 saturated carbocycles. The van der Waals surface area contributed by atoms with E-state index < -0.39 is 0 Å². The van der Waals surface area contributed by atoms with Gasteiger partial charge >= 0.3 is 0 Å². The monoisotopic (exact) mass is 330 g/mol. The zero-order valence-corrected chi connectivity index (χ0v) is 14.9. The number of ketones is 1. The zero-order chi connectivity index (χ0) is 16.6. The number of rotatable bonds is 2. The molecule has 4 aliphatic carbocycles. The Morgan fingerprint density at radius 3 is 2.96 bits per heavy atom. The van der Waals surface area contributed by atoms with Crippen LogP contribution in [-0.4, -0.2) is 29.7 Å². The van der Waals surface area contributed by atoms with Crippen molar-refractivity contribution in [3.63, 3.8) is 0 Å². The molecule has 0 aromatic carbocycles. The van der Waals surface area contributed by atoms with Gasteiger partial charge < -0.3 is 9.84 Å². The van der Waals surface area contributed by atoms with Gasteiger partial charge in [0.25, 0.3) is 0 Å². The van der Waals surface area contributed by atoms with Crippen molar-refractivity contribution in [3.05, 3.63) is 11.6 Å². The first-order valence-electron chi connectivity index (χ1n) is 10.1. The topological polar surface area (TPSA) is 46.5 Å². The van der Waals surface area contributed by atoms with Gasteiger partial charge in [-0.3, -0.25) is 4.79 Å². The molecule has 1 saturated heterocycles. The fourth-order valence-electron chi connectivity index (χ4n) is 7.82. The average molecular weight is 330 g/mol. The highest BCUT2D eigenvalue weighted by Crippen LogP contribution is 2.71. The van der Waals surface area contributed by atoms with Gasteiger partial charge in [0.05, 0.1) is 12.2 Å². The van der Waals surface area contributed by atoms with Crippen molar-refractivity contribution in [1.29, 1.82) is 0 Å². The van der Waals surface area contributed by atoms with Crippen LogP contribution in [0, 0.1) is 28.6 Å². The van der Waals surface area contributed by atoms with Crippen molar-refractivity contribution >= 4 is 5.78 Å². The molecule has 5 aliphatic rings. The molecule has 0 amide bonds. The largest absolute Gasteiger partial charge is 0.389 e. The highest BCUT2D eigenvalue weighted by Gasteiger charge is 2.70. The quantitative estimate of drug-likeness (QED) is 0.786. The van der Waals surface area contributed by atoms with E-state index in [9.17, 15) is 9.90 Å². The van der Waals surface area contributed by atoms with Crippen LogP contribution in [0.2, 0.25) is 0 Å². The maximum atomic E-state index is 12.3. The molecule has 0 aromatic rings. The Kier molecular flexibility index (Phi) is 3.21. The predicted octanol–water partition coefficient (Wildman–Crippen LogP) is 3.65. The van der Waals surface area contributed by atoms with Crippen LogP contribution in [0.3, 0.4) is 0 Å². The summed E-state index contributed by atoms with van der Waals surface area (Å²) in [6.45, 7) is 2.91. The first-order valence-corrected chi connectivity index (χ1v) is 10.1. The third-order valence-electron chi connectivity index (χ3n) is 8.87. The summed E-state index contributed by atoms with van der Waals surface area (Å²) >= 11 is 0. The van der Waals surface area contributed by atoms with Crippen LogP contribution in [0.25, 0.3) is 0 Å². The molecule has 3 heteroatoms. The first kappa shape index (κ1) is 15.6. The van der Waals surface area contributed by atoms with Gasteiger partial charge in [-0.15, -0.1) is 0 Å². The minimum Gasteiger partial charge on any atom is -0.389 e. The van der Waals surface area contributed by atoms with E-state index in [0.29, 0.717) is 11.3 Å². The number of hydrogen-bond donors (Lipinski definition) is 1. The number of aliphatic hydroxyl groups excluding tert-OH is 1. The molecule has 3 nitrogen and oxygen atoms in total. The minimum atomic E-state index is -0.315. The highest BCUT2D eigenvalue weighted by atomic mass is 16.5. The van der Waals surface area contributed by atoms with Crippen LogP contribution >= 0.6 is 0 Å². The van der Waals surface area contributed by atoms with Crippen molar-refractivity contribution in [1.82, 2.24) is 0 Å². The molecular weight excluding hydrogens is 300 g/mol. The summed E-state index contributed by atoms with van der Waals surface area (Å²) in [6, 6.07) is 0. The second-order valence-corrected chi connectivity index (χ2v) is 9.43. The highest BCUT2D eigenvalue weighted by molar-refractivity contribution is 5.84. The van der Waals surface area contributed by atoms with Crippen LogP contribution in [0.15, 0.2) is 11.6 Å². The molecule has 6 atom stereocenters. The molecular formula is C21H30O3. The summed E-state index contributed by atoms with van der Waals surface area (Å²) in [5.41, 5.74) is 1.71. The number of carbonyl (C=O) groups excluding carboxylic acids is 1. The number of aliphatic hydroxyl groups is 1. The average Bonchev–Trinajstić information content (AvgIpc) is 3.05. The van der Waals surface area contributed by atoms with E-state index >= 15 is 0 Å². The number of carbonyl (C=O) groups is 1. The molecule has 0 radical (unpaired) electrons. The molecule has 0 aromatic heterocycles. The molecule has 2 bridgehead atoms. The number of fused-ring (bicyclic) bond motifs is 1. The van der Waals surface area contributed by atoms with Crippen LogP contribution in [0.4, 0.5) is 0 Å². The van der Waals surface area contributed by atoms with Crippen LogP contribution < -0.4 is 0 Å². The second kappa shape index (κ2) is 4.94. The fourth-order valence-corrected chi connectivity index (χ4v) is 7.82. The normalized spacial score (nSPS) is 52.2. The first-order chi connectivity index (χ1) is 11.6. The second-order valence-electron chi connectivity index (χ2n) is 9.43. The van der Waals surface area contributed by atoms with Crippen molar-refractivity contribution < 1.29 is 14.6 Å². The van der Waals surface area contributed by atoms with Crippen LogP contribution in [0.5, 0.6) is 0 Å². The van der Waals surface area contributed by atoms with Crippen molar-refractivity contribution in [3.8, 4) is 0 Å². The lowest BCUT2D eigenvalue weighted by Crippen LogP contribution is -2.57. The van der Waals surface area contributed by atoms with Crippen molar-refractivity contribution in [2.45, 2.75) is 70.3 Å². The van der Waals surface area contributed by atoms with Gasteiger partial charge in [-0.2, -0.15) is 0 Å². The Balaban J connectivity index is 1.55. The van der Waals surface area contributed by atoms with E-state index in [4.69, 9.17) is 4.74 Å². The molecule has 4 fully saturated rings. The fraction of sp³-hybridized carbons (Fsp3) is 0.857. The lowest BCUT2D eigenvalue weighted by atomic mass is 9.45. The molecule has 1 N–H and O–H groups in total. The molecule has 1 spiro atoms. The van der Waals surface area contributed by atoms with Gasteiger partial charge in [-0.1, -0.05) is 25.8 Å². The Hall–Kier alpha value is -0.670. The lowest BCUT2D eigenvalue weighted by molar-refractivity contribution is -0.131. The summed E-state index contributed by atoms with van der Waals surface area (Å²) in [4.78, 5) is 12.3. The predicted molar refractivity (Wildman–Crippen MR) is 91.4 cm³/mol. The summed E-state index contributed by atoms with van der Waals surface area (Å²) in [6.07, 6.45) is 13.4. The minimum absolute atomic E-state index is 0.0256. The summed E-state index contributed by atoms with van der Waals surface area (Å²) < 4.78 is 6.73. The van der Waals surface area contributed by atoms with Gasteiger partial charge in [-0.25, -0.2) is 0 Å². The molecule has 24 heavy (non-hydrogen) atoms. The van der Waals surface area contributed by atoms with Gasteiger partial charge in [0.2, 0.25) is 0 Å². The van der Waals surface area contributed by atoms with Crippen molar-refractivity contribution in [2.24, 2.45) is 28.6 Å². The number of ether oxygens (including phenoxy) is 1. The van der Waals surface area contributed by atoms with E-state index in [1.807, 2.05) is 0 Å². The van der Waals surface area contributed by atoms with Crippen LogP contribution in [0.1, 0.15) is 64.7 Å². The Morgan fingerprint density at radius 2 is 2.12 bits per heavy atom. The van der Waals surface area contributed by atoms with Gasteiger partial charge in [0.1, 0.15) is 6.61 Å². The molecule has 5 rings (SSSR count). The van der Waals surface area contributed by atoms with Gasteiger partial charge in [0.15, 0.2) is 5.78 Å². The third kappa shape index (κ3) is 1.64. The summed E-state index contributed by atoms with van der Waals surface area (Å²) in [5.74, 6) is 1.54. The smallest absolute Gasteiger partial charge is 0.162 e. The number of allylic oxidation sites excluding steroid dienone is 1.